The number of aldehydes is 1. The lowest BCUT2D eigenvalue weighted by Gasteiger charge is -1.99. The minimum Gasteiger partial charge on any atom is -0.297 e. The highest BCUT2D eigenvalue weighted by atomic mass is 79.9. The Kier molecular flexibility index (Phi) is 3.16. The Morgan fingerprint density at radius 3 is 2.88 bits per heavy atom. The van der Waals surface area contributed by atoms with Crippen LogP contribution in [0.4, 0.5) is 4.39 Å². The number of hydrogen-bond acceptors (Lipinski definition) is 3. The number of carbonyl (C=O) groups excluding carboxylic acids is 1. The molecule has 0 atom stereocenters. The molecule has 2 rings (SSSR count). The van der Waals surface area contributed by atoms with E-state index in [1.165, 1.54) is 17.4 Å². The number of halogens is 2. The van der Waals surface area contributed by atoms with Crippen LogP contribution in [0.15, 0.2) is 22.7 Å². The first-order valence-corrected chi connectivity index (χ1v) is 6.11. The van der Waals surface area contributed by atoms with E-state index in [1.54, 1.807) is 19.1 Å². The number of aromatic nitrogens is 1. The van der Waals surface area contributed by atoms with Crippen LogP contribution >= 0.6 is 27.3 Å². The molecule has 0 saturated carbocycles. The summed E-state index contributed by atoms with van der Waals surface area (Å²) >= 11 is 4.47. The average Bonchev–Trinajstić information content (AvgIpc) is 2.63. The van der Waals surface area contributed by atoms with E-state index in [0.717, 1.165) is 10.8 Å². The van der Waals surface area contributed by atoms with Gasteiger partial charge in [0.25, 0.3) is 0 Å². The molecule has 0 N–H and O–H groups in total. The van der Waals surface area contributed by atoms with Gasteiger partial charge in [0.1, 0.15) is 10.8 Å². The molecule has 0 bridgehead atoms. The Bertz CT molecular complexity index is 553. The summed E-state index contributed by atoms with van der Waals surface area (Å²) in [5.74, 6) is -0.339. The molecule has 1 aromatic carbocycles. The fourth-order valence-electron chi connectivity index (χ4n) is 1.29. The van der Waals surface area contributed by atoms with Gasteiger partial charge in [-0.15, -0.1) is 11.3 Å². The van der Waals surface area contributed by atoms with Gasteiger partial charge in [-0.1, -0.05) is 15.9 Å². The zero-order chi connectivity index (χ0) is 11.7. The van der Waals surface area contributed by atoms with Crippen molar-refractivity contribution in [2.24, 2.45) is 0 Å². The maximum Gasteiger partial charge on any atom is 0.161 e. The summed E-state index contributed by atoms with van der Waals surface area (Å²) in [5.41, 5.74) is 1.05. The van der Waals surface area contributed by atoms with Gasteiger partial charge in [0.2, 0.25) is 0 Å². The smallest absolute Gasteiger partial charge is 0.161 e. The topological polar surface area (TPSA) is 30.0 Å². The largest absolute Gasteiger partial charge is 0.297 e. The summed E-state index contributed by atoms with van der Waals surface area (Å²) in [6, 6.07) is 4.65. The third-order valence-corrected chi connectivity index (χ3v) is 3.71. The number of benzene rings is 1. The first-order valence-electron chi connectivity index (χ1n) is 4.50. The molecule has 0 spiro atoms. The van der Waals surface area contributed by atoms with Crippen LogP contribution in [0.5, 0.6) is 0 Å². The molecule has 0 amide bonds. The number of rotatable bonds is 2. The van der Waals surface area contributed by atoms with Gasteiger partial charge in [0, 0.05) is 10.0 Å². The normalized spacial score (nSPS) is 10.4. The van der Waals surface area contributed by atoms with Crippen LogP contribution in [0.2, 0.25) is 0 Å². The van der Waals surface area contributed by atoms with Crippen LogP contribution in [0, 0.1) is 12.7 Å². The molecule has 0 aliphatic heterocycles. The van der Waals surface area contributed by atoms with Crippen molar-refractivity contribution in [2.45, 2.75) is 6.92 Å². The number of hydrogen-bond donors (Lipinski definition) is 0. The minimum absolute atomic E-state index is 0.339. The van der Waals surface area contributed by atoms with Gasteiger partial charge in [0.15, 0.2) is 6.29 Å². The van der Waals surface area contributed by atoms with Gasteiger partial charge in [-0.25, -0.2) is 9.37 Å². The molecule has 16 heavy (non-hydrogen) atoms. The fourth-order valence-corrected chi connectivity index (χ4v) is 2.55. The summed E-state index contributed by atoms with van der Waals surface area (Å²) in [4.78, 5) is 15.4. The molecule has 0 unspecified atom stereocenters. The summed E-state index contributed by atoms with van der Waals surface area (Å²) in [7, 11) is 0. The standard InChI is InChI=1S/C11H7BrFNOS/c1-6-10(5-15)16-11(14-6)8-4-7(12)2-3-9(8)13/h2-5H,1H3. The number of carbonyl (C=O) groups is 1. The zero-order valence-electron chi connectivity index (χ0n) is 8.33. The van der Waals surface area contributed by atoms with Crippen molar-refractivity contribution in [3.63, 3.8) is 0 Å². The Morgan fingerprint density at radius 2 is 2.25 bits per heavy atom. The molecular weight excluding hydrogens is 293 g/mol. The highest BCUT2D eigenvalue weighted by Crippen LogP contribution is 2.30. The van der Waals surface area contributed by atoms with Gasteiger partial charge in [-0.2, -0.15) is 0 Å². The maximum atomic E-state index is 13.6. The van der Waals surface area contributed by atoms with Crippen LogP contribution in [0.1, 0.15) is 15.4 Å². The molecule has 5 heteroatoms. The fraction of sp³-hybridized carbons (Fsp3) is 0.0909. The van der Waals surface area contributed by atoms with Crippen molar-refractivity contribution >= 4 is 33.6 Å². The third-order valence-electron chi connectivity index (χ3n) is 2.10. The SMILES string of the molecule is Cc1nc(-c2cc(Br)ccc2F)sc1C=O. The molecule has 2 aromatic rings. The molecule has 0 fully saturated rings. The first kappa shape index (κ1) is 11.4. The monoisotopic (exact) mass is 299 g/mol. The Labute approximate surface area is 104 Å². The van der Waals surface area contributed by atoms with E-state index in [2.05, 4.69) is 20.9 Å². The van der Waals surface area contributed by atoms with E-state index >= 15 is 0 Å². The predicted molar refractivity (Wildman–Crippen MR) is 65.3 cm³/mol. The van der Waals surface area contributed by atoms with Gasteiger partial charge in [0.05, 0.1) is 10.6 Å². The van der Waals surface area contributed by atoms with Gasteiger partial charge >= 0.3 is 0 Å². The van der Waals surface area contributed by atoms with E-state index in [1.807, 2.05) is 0 Å². The summed E-state index contributed by atoms with van der Waals surface area (Å²) in [6.45, 7) is 1.74. The Morgan fingerprint density at radius 1 is 1.50 bits per heavy atom. The minimum atomic E-state index is -0.339. The lowest BCUT2D eigenvalue weighted by Crippen LogP contribution is -1.83. The zero-order valence-corrected chi connectivity index (χ0v) is 10.7. The number of nitrogens with zero attached hydrogens (tertiary/aromatic N) is 1. The van der Waals surface area contributed by atoms with Crippen LogP contribution in [-0.4, -0.2) is 11.3 Å². The Balaban J connectivity index is 2.57. The third kappa shape index (κ3) is 2.05. The second-order valence-electron chi connectivity index (χ2n) is 3.21. The summed E-state index contributed by atoms with van der Waals surface area (Å²) in [5, 5.41) is 0.526. The highest BCUT2D eigenvalue weighted by molar-refractivity contribution is 9.10. The van der Waals surface area contributed by atoms with E-state index in [0.29, 0.717) is 21.1 Å². The maximum absolute atomic E-state index is 13.6. The molecule has 0 saturated heterocycles. The Hall–Kier alpha value is -1.07. The van der Waals surface area contributed by atoms with Gasteiger partial charge in [-0.3, -0.25) is 4.79 Å². The van der Waals surface area contributed by atoms with Crippen LogP contribution in [0.25, 0.3) is 10.6 Å². The summed E-state index contributed by atoms with van der Waals surface area (Å²) < 4.78 is 14.3. The van der Waals surface area contributed by atoms with E-state index < -0.39 is 0 Å². The van der Waals surface area contributed by atoms with Crippen molar-refractivity contribution in [2.75, 3.05) is 0 Å². The second kappa shape index (κ2) is 4.43. The number of aryl methyl sites for hydroxylation is 1. The van der Waals surface area contributed by atoms with E-state index in [9.17, 15) is 9.18 Å². The summed E-state index contributed by atoms with van der Waals surface area (Å²) in [6.07, 6.45) is 0.742. The van der Waals surface area contributed by atoms with Crippen LogP contribution < -0.4 is 0 Å². The lowest BCUT2D eigenvalue weighted by molar-refractivity contribution is 0.112. The molecule has 82 valence electrons. The van der Waals surface area contributed by atoms with Gasteiger partial charge in [-0.05, 0) is 25.1 Å². The van der Waals surface area contributed by atoms with Crippen molar-refractivity contribution in [1.82, 2.24) is 4.98 Å². The van der Waals surface area contributed by atoms with Crippen molar-refractivity contribution in [3.05, 3.63) is 39.1 Å². The van der Waals surface area contributed by atoms with E-state index in [-0.39, 0.29) is 5.82 Å². The molecule has 0 aliphatic carbocycles. The average molecular weight is 300 g/mol. The van der Waals surface area contributed by atoms with Crippen LogP contribution in [0.3, 0.4) is 0 Å². The lowest BCUT2D eigenvalue weighted by atomic mass is 10.2. The van der Waals surface area contributed by atoms with Crippen molar-refractivity contribution < 1.29 is 9.18 Å². The second-order valence-corrected chi connectivity index (χ2v) is 5.16. The molecule has 2 nitrogen and oxygen atoms in total. The highest BCUT2D eigenvalue weighted by Gasteiger charge is 2.12. The number of thiazole rings is 1. The quantitative estimate of drug-likeness (QED) is 0.789. The molecule has 1 heterocycles. The molecule has 0 radical (unpaired) electrons. The first-order chi connectivity index (χ1) is 7.61. The van der Waals surface area contributed by atoms with Crippen LogP contribution in [-0.2, 0) is 0 Å². The molecular formula is C11H7BrFNOS. The van der Waals surface area contributed by atoms with Crippen molar-refractivity contribution in [3.8, 4) is 10.6 Å². The molecule has 0 aliphatic rings. The van der Waals surface area contributed by atoms with Crippen molar-refractivity contribution in [1.29, 1.82) is 0 Å². The molecule has 1 aromatic heterocycles. The van der Waals surface area contributed by atoms with E-state index in [4.69, 9.17) is 0 Å². The van der Waals surface area contributed by atoms with Gasteiger partial charge < -0.3 is 0 Å². The predicted octanol–water partition coefficient (Wildman–Crippen LogP) is 3.83.